The molecule has 0 bridgehead atoms. The van der Waals surface area contributed by atoms with Crippen molar-refractivity contribution in [3.8, 4) is 0 Å². The molecule has 4 aromatic rings. The number of hydrogen-bond donors (Lipinski definition) is 1. The van der Waals surface area contributed by atoms with Crippen LogP contribution < -0.4 is 10.9 Å². The van der Waals surface area contributed by atoms with E-state index >= 15 is 0 Å². The Morgan fingerprint density at radius 2 is 1.96 bits per heavy atom. The number of nitrogens with one attached hydrogen (secondary N) is 1. The molecule has 10 heteroatoms. The van der Waals surface area contributed by atoms with Crippen LogP contribution in [0.25, 0.3) is 15.9 Å². The lowest BCUT2D eigenvalue weighted by atomic mass is 10.2. The Morgan fingerprint density at radius 1 is 1.18 bits per heavy atom. The molecule has 1 N–H and O–H groups in total. The smallest absolute Gasteiger partial charge is 0.320 e. The number of halogens is 4. The molecule has 5 nitrogen and oxygen atoms in total. The minimum Gasteiger partial charge on any atom is -0.320 e. The third-order valence-electron chi connectivity index (χ3n) is 3.98. The maximum absolute atomic E-state index is 12.9. The number of fused-ring (bicyclic) bond motifs is 2. The summed E-state index contributed by atoms with van der Waals surface area (Å²) in [6.45, 7) is 0. The molecule has 4 rings (SSSR count). The van der Waals surface area contributed by atoms with Crippen molar-refractivity contribution in [1.29, 1.82) is 0 Å². The Bertz CT molecular complexity index is 1300. The van der Waals surface area contributed by atoms with Gasteiger partial charge in [-0.2, -0.15) is 13.2 Å². The number of alkyl halides is 3. The van der Waals surface area contributed by atoms with Crippen LogP contribution in [-0.2, 0) is 6.18 Å². The van der Waals surface area contributed by atoms with Gasteiger partial charge in [0.05, 0.1) is 26.5 Å². The van der Waals surface area contributed by atoms with E-state index in [4.69, 9.17) is 11.6 Å². The highest BCUT2D eigenvalue weighted by Gasteiger charge is 2.31. The molecule has 0 fully saturated rings. The summed E-state index contributed by atoms with van der Waals surface area (Å²) in [5, 5.41) is 2.57. The van der Waals surface area contributed by atoms with Crippen LogP contribution in [0.15, 0.2) is 53.5 Å². The maximum Gasteiger partial charge on any atom is 0.416 e. The van der Waals surface area contributed by atoms with Crippen LogP contribution in [0.5, 0.6) is 0 Å². The number of amides is 1. The average Bonchev–Trinajstić information content (AvgIpc) is 3.07. The fourth-order valence-corrected chi connectivity index (χ4v) is 3.73. The first-order chi connectivity index (χ1) is 13.2. The molecular weight excluding hydrogens is 415 g/mol. The molecule has 0 aliphatic rings. The van der Waals surface area contributed by atoms with Crippen LogP contribution in [0.2, 0.25) is 5.02 Å². The number of thiophene rings is 1. The number of aromatic nitrogens is 2. The Labute approximate surface area is 164 Å². The third-order valence-corrected chi connectivity index (χ3v) is 5.34. The summed E-state index contributed by atoms with van der Waals surface area (Å²) >= 11 is 6.88. The highest BCUT2D eigenvalue weighted by atomic mass is 35.5. The number of benzene rings is 1. The minimum absolute atomic E-state index is 0.0357. The van der Waals surface area contributed by atoms with E-state index in [2.05, 4.69) is 10.3 Å². The van der Waals surface area contributed by atoms with E-state index in [1.807, 2.05) is 0 Å². The molecule has 0 saturated carbocycles. The van der Waals surface area contributed by atoms with Gasteiger partial charge in [0.15, 0.2) is 0 Å². The van der Waals surface area contributed by atoms with Crippen molar-refractivity contribution in [2.24, 2.45) is 0 Å². The second-order valence-corrected chi connectivity index (χ2v) is 7.26. The summed E-state index contributed by atoms with van der Waals surface area (Å²) in [6.07, 6.45) is -3.01. The van der Waals surface area contributed by atoms with Crippen LogP contribution in [0, 0.1) is 0 Å². The summed E-state index contributed by atoms with van der Waals surface area (Å²) in [4.78, 5) is 29.9. The predicted molar refractivity (Wildman–Crippen MR) is 101 cm³/mol. The minimum atomic E-state index is -4.57. The quantitative estimate of drug-likeness (QED) is 0.502. The van der Waals surface area contributed by atoms with Crippen LogP contribution in [-0.4, -0.2) is 15.3 Å². The van der Waals surface area contributed by atoms with E-state index in [0.29, 0.717) is 10.5 Å². The number of carbonyl (C=O) groups excluding carboxylic acids is 1. The van der Waals surface area contributed by atoms with Crippen molar-refractivity contribution in [2.75, 3.05) is 5.32 Å². The lowest BCUT2D eigenvalue weighted by Crippen LogP contribution is -2.14. The van der Waals surface area contributed by atoms with Gasteiger partial charge in [0.2, 0.25) is 0 Å². The summed E-state index contributed by atoms with van der Waals surface area (Å²) in [7, 11) is 0. The van der Waals surface area contributed by atoms with E-state index < -0.39 is 17.6 Å². The van der Waals surface area contributed by atoms with Crippen LogP contribution in [0.4, 0.5) is 18.9 Å². The zero-order valence-electron chi connectivity index (χ0n) is 13.7. The summed E-state index contributed by atoms with van der Waals surface area (Å²) in [6, 6.07) is 9.07. The van der Waals surface area contributed by atoms with Gasteiger partial charge in [0.1, 0.15) is 10.5 Å². The van der Waals surface area contributed by atoms with E-state index in [0.717, 1.165) is 29.5 Å². The van der Waals surface area contributed by atoms with Gasteiger partial charge in [-0.05, 0) is 36.4 Å². The van der Waals surface area contributed by atoms with E-state index in [1.165, 1.54) is 10.5 Å². The molecule has 142 valence electrons. The Morgan fingerprint density at radius 3 is 2.71 bits per heavy atom. The number of pyridine rings is 1. The molecule has 3 aromatic heterocycles. The number of nitrogens with zero attached hydrogens (tertiary/aromatic N) is 2. The van der Waals surface area contributed by atoms with Gasteiger partial charge >= 0.3 is 6.18 Å². The molecule has 1 aromatic carbocycles. The first-order valence-electron chi connectivity index (χ1n) is 7.83. The topological polar surface area (TPSA) is 63.5 Å². The molecule has 3 heterocycles. The SMILES string of the molecule is O=C(Nc1cc(C(F)(F)F)ccc1Cl)c1cc2c(=O)n3ccccc3nc2s1. The van der Waals surface area contributed by atoms with Crippen LogP contribution >= 0.6 is 22.9 Å². The highest BCUT2D eigenvalue weighted by molar-refractivity contribution is 7.20. The van der Waals surface area contributed by atoms with Crippen molar-refractivity contribution in [2.45, 2.75) is 6.18 Å². The summed E-state index contributed by atoms with van der Waals surface area (Å²) in [5.41, 5.74) is -1.02. The van der Waals surface area contributed by atoms with Gasteiger partial charge < -0.3 is 5.32 Å². The predicted octanol–water partition coefficient (Wildman–Crippen LogP) is 4.83. The molecule has 0 saturated heterocycles. The van der Waals surface area contributed by atoms with Crippen molar-refractivity contribution in [3.63, 3.8) is 0 Å². The average molecular weight is 424 g/mol. The standard InChI is InChI=1S/C18H9ClF3N3O2S/c19-11-5-4-9(18(20,21)22)7-12(11)23-15(26)13-8-10-16(28-13)24-14-3-1-2-6-25(14)17(10)27/h1-8H,(H,23,26). The van der Waals surface area contributed by atoms with Gasteiger partial charge in [-0.1, -0.05) is 17.7 Å². The van der Waals surface area contributed by atoms with Crippen molar-refractivity contribution < 1.29 is 18.0 Å². The fourth-order valence-electron chi connectivity index (χ4n) is 2.64. The largest absolute Gasteiger partial charge is 0.416 e. The molecule has 0 aliphatic carbocycles. The molecule has 1 amide bonds. The zero-order valence-corrected chi connectivity index (χ0v) is 15.3. The van der Waals surface area contributed by atoms with Crippen molar-refractivity contribution in [3.05, 3.63) is 74.5 Å². The number of carbonyl (C=O) groups is 1. The van der Waals surface area contributed by atoms with Gasteiger partial charge in [-0.3, -0.25) is 14.0 Å². The molecular formula is C18H9ClF3N3O2S. The summed E-state index contributed by atoms with van der Waals surface area (Å²) < 4.78 is 40.0. The van der Waals surface area contributed by atoms with Crippen LogP contribution in [0.3, 0.4) is 0 Å². The molecule has 0 spiro atoms. The molecule has 0 unspecified atom stereocenters. The van der Waals surface area contributed by atoms with E-state index in [1.54, 1.807) is 24.4 Å². The monoisotopic (exact) mass is 423 g/mol. The van der Waals surface area contributed by atoms with Crippen molar-refractivity contribution in [1.82, 2.24) is 9.38 Å². The van der Waals surface area contributed by atoms with Crippen molar-refractivity contribution >= 4 is 50.4 Å². The molecule has 0 atom stereocenters. The van der Waals surface area contributed by atoms with Gasteiger partial charge in [-0.15, -0.1) is 11.3 Å². The highest BCUT2D eigenvalue weighted by Crippen LogP contribution is 2.34. The number of anilines is 1. The third kappa shape index (κ3) is 3.23. The first-order valence-corrected chi connectivity index (χ1v) is 9.02. The van der Waals surface area contributed by atoms with E-state index in [-0.39, 0.29) is 26.5 Å². The normalized spacial score (nSPS) is 11.9. The number of hydrogen-bond acceptors (Lipinski definition) is 4. The summed E-state index contributed by atoms with van der Waals surface area (Å²) in [5.74, 6) is -0.683. The number of rotatable bonds is 2. The molecule has 0 aliphatic heterocycles. The lowest BCUT2D eigenvalue weighted by Gasteiger charge is -2.11. The Hall–Kier alpha value is -2.91. The second kappa shape index (κ2) is 6.61. The molecule has 0 radical (unpaired) electrons. The Balaban J connectivity index is 1.73. The van der Waals surface area contributed by atoms with Crippen LogP contribution in [0.1, 0.15) is 15.2 Å². The fraction of sp³-hybridized carbons (Fsp3) is 0.0556. The van der Waals surface area contributed by atoms with Gasteiger partial charge in [0, 0.05) is 6.20 Å². The maximum atomic E-state index is 12.9. The Kier molecular flexibility index (Phi) is 4.35. The van der Waals surface area contributed by atoms with Gasteiger partial charge in [0.25, 0.3) is 11.5 Å². The van der Waals surface area contributed by atoms with E-state index in [9.17, 15) is 22.8 Å². The van der Waals surface area contributed by atoms with Gasteiger partial charge in [-0.25, -0.2) is 4.98 Å². The zero-order chi connectivity index (χ0) is 20.1. The molecule has 28 heavy (non-hydrogen) atoms. The lowest BCUT2D eigenvalue weighted by molar-refractivity contribution is -0.137. The second-order valence-electron chi connectivity index (χ2n) is 5.82. The first kappa shape index (κ1) is 18.5.